The van der Waals surface area contributed by atoms with E-state index in [1.165, 1.54) is 0 Å². The van der Waals surface area contributed by atoms with Crippen molar-refractivity contribution in [3.8, 4) is 0 Å². The second-order valence-corrected chi connectivity index (χ2v) is 5.48. The number of nitrogens with one attached hydrogen (secondary N) is 1. The number of para-hydroxylation sites is 1. The molecular weight excluding hydrogens is 252 g/mol. The lowest BCUT2D eigenvalue weighted by molar-refractivity contribution is -0.372. The van der Waals surface area contributed by atoms with Gasteiger partial charge in [0.25, 0.3) is 5.82 Å². The normalized spacial score (nSPS) is 11.6. The topological polar surface area (TPSA) is 70.4 Å². The van der Waals surface area contributed by atoms with Crippen LogP contribution in [0.25, 0.3) is 21.7 Å². The predicted octanol–water partition coefficient (Wildman–Crippen LogP) is 2.54. The van der Waals surface area contributed by atoms with E-state index < -0.39 is 5.63 Å². The molecule has 4 nitrogen and oxygen atoms in total. The number of benzene rings is 1. The van der Waals surface area contributed by atoms with Gasteiger partial charge in [0.15, 0.2) is 5.39 Å². The van der Waals surface area contributed by atoms with Gasteiger partial charge >= 0.3 is 5.63 Å². The van der Waals surface area contributed by atoms with Crippen molar-refractivity contribution in [3.05, 3.63) is 46.4 Å². The lowest BCUT2D eigenvalue weighted by Gasteiger charge is -2.06. The van der Waals surface area contributed by atoms with Gasteiger partial charge in [-0.1, -0.05) is 32.0 Å². The Morgan fingerprint density at radius 2 is 2.00 bits per heavy atom. The number of pyridine rings is 1. The van der Waals surface area contributed by atoms with Crippen molar-refractivity contribution in [2.75, 3.05) is 5.73 Å². The van der Waals surface area contributed by atoms with Gasteiger partial charge in [-0.2, -0.15) is 0 Å². The second kappa shape index (κ2) is 4.63. The number of rotatable bonds is 2. The minimum absolute atomic E-state index is 0.373. The number of H-pyrrole nitrogens is 1. The molecule has 0 fully saturated rings. The zero-order valence-electron chi connectivity index (χ0n) is 11.6. The van der Waals surface area contributed by atoms with Crippen molar-refractivity contribution in [1.82, 2.24) is 0 Å². The molecule has 0 unspecified atom stereocenters. The van der Waals surface area contributed by atoms with Gasteiger partial charge in [0.2, 0.25) is 0 Å². The highest BCUT2D eigenvalue weighted by Gasteiger charge is 2.16. The number of hydrogen-bond donors (Lipinski definition) is 1. The average molecular weight is 269 g/mol. The first kappa shape index (κ1) is 12.7. The maximum atomic E-state index is 12.1. The molecule has 0 radical (unpaired) electrons. The molecule has 0 aliphatic heterocycles. The number of hydrogen-bond acceptors (Lipinski definition) is 3. The van der Waals surface area contributed by atoms with Crippen molar-refractivity contribution >= 4 is 27.6 Å². The van der Waals surface area contributed by atoms with Gasteiger partial charge in [-0.05, 0) is 18.1 Å². The summed E-state index contributed by atoms with van der Waals surface area (Å²) < 4.78 is 5.32. The van der Waals surface area contributed by atoms with E-state index in [2.05, 4.69) is 18.8 Å². The fourth-order valence-corrected chi connectivity index (χ4v) is 2.57. The van der Waals surface area contributed by atoms with Crippen LogP contribution in [-0.4, -0.2) is 0 Å². The molecule has 0 saturated carbocycles. The van der Waals surface area contributed by atoms with Crippen molar-refractivity contribution in [3.63, 3.8) is 0 Å². The Kier molecular flexibility index (Phi) is 2.93. The van der Waals surface area contributed by atoms with E-state index in [0.29, 0.717) is 22.7 Å². The molecule has 2 aromatic heterocycles. The van der Waals surface area contributed by atoms with Crippen LogP contribution < -0.4 is 16.3 Å². The number of aromatic nitrogens is 1. The molecule has 4 heteroatoms. The molecule has 0 atom stereocenters. The van der Waals surface area contributed by atoms with Gasteiger partial charge in [0.05, 0.1) is 0 Å². The summed E-state index contributed by atoms with van der Waals surface area (Å²) in [5.41, 5.74) is 7.23. The molecule has 0 saturated heterocycles. The Bertz CT molecular complexity index is 850. The SMILES string of the molecule is CC(C)Cc1cc2c(c(N)[nH+]1)c(=O)oc1ccccc12. The van der Waals surface area contributed by atoms with Crippen LogP contribution in [-0.2, 0) is 6.42 Å². The van der Waals surface area contributed by atoms with Gasteiger partial charge in [-0.15, -0.1) is 0 Å². The standard InChI is InChI=1S/C16H16N2O2/c1-9(2)7-10-8-12-11-5-3-4-6-13(11)20-16(19)14(12)15(17)18-10/h3-6,8-9H,7H2,1-2H3,(H2,17,18)/p+1. The van der Waals surface area contributed by atoms with Gasteiger partial charge in [-0.25, -0.2) is 9.78 Å². The van der Waals surface area contributed by atoms with Gasteiger partial charge in [-0.3, -0.25) is 5.73 Å². The average Bonchev–Trinajstić information content (AvgIpc) is 2.37. The van der Waals surface area contributed by atoms with Crippen molar-refractivity contribution in [2.45, 2.75) is 20.3 Å². The van der Waals surface area contributed by atoms with E-state index in [9.17, 15) is 4.79 Å². The molecule has 3 rings (SSSR count). The fourth-order valence-electron chi connectivity index (χ4n) is 2.57. The summed E-state index contributed by atoms with van der Waals surface area (Å²) in [6.45, 7) is 4.29. The molecule has 20 heavy (non-hydrogen) atoms. The van der Waals surface area contributed by atoms with Gasteiger partial charge in [0, 0.05) is 17.2 Å². The first-order valence-electron chi connectivity index (χ1n) is 6.72. The van der Waals surface area contributed by atoms with Crippen LogP contribution in [0, 0.1) is 5.92 Å². The van der Waals surface area contributed by atoms with Crippen LogP contribution in [0.4, 0.5) is 5.82 Å². The Morgan fingerprint density at radius 3 is 2.75 bits per heavy atom. The number of fused-ring (bicyclic) bond motifs is 3. The third-order valence-electron chi connectivity index (χ3n) is 3.36. The van der Waals surface area contributed by atoms with E-state index >= 15 is 0 Å². The molecule has 0 spiro atoms. The van der Waals surface area contributed by atoms with Crippen LogP contribution in [0.15, 0.2) is 39.5 Å². The summed E-state index contributed by atoms with van der Waals surface area (Å²) in [5.74, 6) is 0.882. The van der Waals surface area contributed by atoms with Gasteiger partial charge < -0.3 is 4.42 Å². The van der Waals surface area contributed by atoms with Crippen LogP contribution in [0.3, 0.4) is 0 Å². The lowest BCUT2D eigenvalue weighted by atomic mass is 10.0. The van der Waals surface area contributed by atoms with E-state index in [0.717, 1.165) is 22.9 Å². The summed E-state index contributed by atoms with van der Waals surface area (Å²) in [6.07, 6.45) is 0.884. The zero-order valence-corrected chi connectivity index (χ0v) is 11.6. The van der Waals surface area contributed by atoms with Crippen molar-refractivity contribution in [1.29, 1.82) is 0 Å². The Morgan fingerprint density at radius 1 is 1.25 bits per heavy atom. The van der Waals surface area contributed by atoms with E-state index in [-0.39, 0.29) is 0 Å². The smallest absolute Gasteiger partial charge is 0.352 e. The Labute approximate surface area is 116 Å². The third-order valence-corrected chi connectivity index (χ3v) is 3.36. The molecule has 0 aliphatic carbocycles. The first-order valence-corrected chi connectivity index (χ1v) is 6.72. The number of aromatic amines is 1. The molecule has 3 aromatic rings. The molecule has 1 aromatic carbocycles. The summed E-state index contributed by atoms with van der Waals surface area (Å²) in [7, 11) is 0. The Hall–Kier alpha value is -2.36. The molecule has 0 amide bonds. The molecular formula is C16H17N2O2+. The van der Waals surface area contributed by atoms with Crippen molar-refractivity contribution in [2.24, 2.45) is 5.92 Å². The molecule has 102 valence electrons. The number of anilines is 1. The maximum absolute atomic E-state index is 12.1. The second-order valence-electron chi connectivity index (χ2n) is 5.48. The summed E-state index contributed by atoms with van der Waals surface area (Å²) in [6, 6.07) is 9.52. The van der Waals surface area contributed by atoms with Crippen LogP contribution in [0.5, 0.6) is 0 Å². The lowest BCUT2D eigenvalue weighted by Crippen LogP contribution is -2.21. The zero-order chi connectivity index (χ0) is 14.3. The highest BCUT2D eigenvalue weighted by Crippen LogP contribution is 2.24. The number of nitrogens with two attached hydrogens (primary N) is 1. The first-order chi connectivity index (χ1) is 9.56. The molecule has 0 bridgehead atoms. The van der Waals surface area contributed by atoms with Crippen LogP contribution in [0.2, 0.25) is 0 Å². The quantitative estimate of drug-likeness (QED) is 0.574. The Balaban J connectivity index is 2.43. The highest BCUT2D eigenvalue weighted by molar-refractivity contribution is 6.06. The highest BCUT2D eigenvalue weighted by atomic mass is 16.4. The molecule has 3 N–H and O–H groups in total. The number of nitrogen functional groups attached to an aromatic ring is 1. The molecule has 2 heterocycles. The minimum Gasteiger partial charge on any atom is -0.422 e. The third kappa shape index (κ3) is 2.03. The summed E-state index contributed by atoms with van der Waals surface area (Å²) >= 11 is 0. The molecule has 0 aliphatic rings. The van der Waals surface area contributed by atoms with Crippen LogP contribution >= 0.6 is 0 Å². The van der Waals surface area contributed by atoms with Crippen LogP contribution in [0.1, 0.15) is 19.5 Å². The van der Waals surface area contributed by atoms with E-state index in [1.54, 1.807) is 6.07 Å². The monoisotopic (exact) mass is 269 g/mol. The summed E-state index contributed by atoms with van der Waals surface area (Å²) in [4.78, 5) is 15.2. The van der Waals surface area contributed by atoms with Crippen molar-refractivity contribution < 1.29 is 9.40 Å². The largest absolute Gasteiger partial charge is 0.422 e. The fraction of sp³-hybridized carbons (Fsp3) is 0.250. The maximum Gasteiger partial charge on any atom is 0.352 e. The van der Waals surface area contributed by atoms with Gasteiger partial charge in [0.1, 0.15) is 11.3 Å². The minimum atomic E-state index is -0.399. The van der Waals surface area contributed by atoms with E-state index in [1.807, 2.05) is 24.3 Å². The van der Waals surface area contributed by atoms with E-state index in [4.69, 9.17) is 10.2 Å². The summed E-state index contributed by atoms with van der Waals surface area (Å²) in [5, 5.41) is 2.19. The predicted molar refractivity (Wildman–Crippen MR) is 79.5 cm³/mol.